The molecule has 0 aliphatic carbocycles. The average Bonchev–Trinajstić information content (AvgIpc) is 2.48. The van der Waals surface area contributed by atoms with E-state index in [1.807, 2.05) is 24.3 Å². The van der Waals surface area contributed by atoms with E-state index >= 15 is 0 Å². The maximum atomic E-state index is 11.9. The summed E-state index contributed by atoms with van der Waals surface area (Å²) in [6.45, 7) is 5.31. The zero-order valence-electron chi connectivity index (χ0n) is 12.3. The molecule has 1 aromatic carbocycles. The Hall–Kier alpha value is -1.59. The van der Waals surface area contributed by atoms with Crippen molar-refractivity contribution in [2.45, 2.75) is 0 Å². The van der Waals surface area contributed by atoms with Crippen molar-refractivity contribution in [3.8, 4) is 0 Å². The van der Waals surface area contributed by atoms with Gasteiger partial charge in [0.1, 0.15) is 0 Å². The summed E-state index contributed by atoms with van der Waals surface area (Å²) in [4.78, 5) is 16.5. The van der Waals surface area contributed by atoms with Gasteiger partial charge in [0.2, 0.25) is 0 Å². The third-order valence-electron chi connectivity index (χ3n) is 3.59. The molecule has 1 saturated heterocycles. The fourth-order valence-corrected chi connectivity index (χ4v) is 2.26. The van der Waals surface area contributed by atoms with Crippen molar-refractivity contribution in [2.75, 3.05) is 58.4 Å². The van der Waals surface area contributed by atoms with Crippen LogP contribution in [0.1, 0.15) is 10.4 Å². The Morgan fingerprint density at radius 1 is 1.20 bits per heavy atom. The van der Waals surface area contributed by atoms with Gasteiger partial charge in [-0.1, -0.05) is 0 Å². The molecule has 0 radical (unpaired) electrons. The number of anilines is 1. The van der Waals surface area contributed by atoms with Crippen molar-refractivity contribution in [3.63, 3.8) is 0 Å². The van der Waals surface area contributed by atoms with E-state index < -0.39 is 0 Å². The lowest BCUT2D eigenvalue weighted by atomic mass is 10.1. The van der Waals surface area contributed by atoms with Gasteiger partial charge in [-0.3, -0.25) is 4.79 Å². The van der Waals surface area contributed by atoms with Gasteiger partial charge in [-0.2, -0.15) is 0 Å². The summed E-state index contributed by atoms with van der Waals surface area (Å²) < 4.78 is 4.91. The molecule has 0 atom stereocenters. The SMILES string of the molecule is COCCNC(=O)c1ccc(N2CCN(C)CC2)cc1. The van der Waals surface area contributed by atoms with Crippen molar-refractivity contribution >= 4 is 11.6 Å². The number of nitrogens with one attached hydrogen (secondary N) is 1. The first kappa shape index (κ1) is 14.8. The molecule has 1 fully saturated rings. The highest BCUT2D eigenvalue weighted by Crippen LogP contribution is 2.16. The summed E-state index contributed by atoms with van der Waals surface area (Å²) in [5, 5.41) is 2.82. The molecule has 1 N–H and O–H groups in total. The molecular weight excluding hydrogens is 254 g/mol. The van der Waals surface area contributed by atoms with Crippen LogP contribution >= 0.6 is 0 Å². The van der Waals surface area contributed by atoms with Gasteiger partial charge < -0.3 is 19.9 Å². The second kappa shape index (κ2) is 7.26. The van der Waals surface area contributed by atoms with Crippen LogP contribution in [0.5, 0.6) is 0 Å². The molecule has 0 saturated carbocycles. The number of hydrogen-bond donors (Lipinski definition) is 1. The summed E-state index contributed by atoms with van der Waals surface area (Å²) in [6, 6.07) is 7.82. The maximum Gasteiger partial charge on any atom is 0.251 e. The number of carbonyl (C=O) groups excluding carboxylic acids is 1. The summed E-state index contributed by atoms with van der Waals surface area (Å²) in [5.41, 5.74) is 1.88. The Bertz CT molecular complexity index is 425. The van der Waals surface area contributed by atoms with Gasteiger partial charge >= 0.3 is 0 Å². The minimum absolute atomic E-state index is 0.0491. The molecule has 2 rings (SSSR count). The summed E-state index contributed by atoms with van der Waals surface area (Å²) >= 11 is 0. The Kier molecular flexibility index (Phi) is 5.38. The molecule has 1 heterocycles. The van der Waals surface area contributed by atoms with Crippen LogP contribution in [0, 0.1) is 0 Å². The fraction of sp³-hybridized carbons (Fsp3) is 0.533. The summed E-state index contributed by atoms with van der Waals surface area (Å²) in [5.74, 6) is -0.0491. The number of piperazine rings is 1. The van der Waals surface area contributed by atoms with E-state index in [9.17, 15) is 4.79 Å². The number of carbonyl (C=O) groups is 1. The highest BCUT2D eigenvalue weighted by atomic mass is 16.5. The van der Waals surface area contributed by atoms with Crippen LogP contribution in [0.4, 0.5) is 5.69 Å². The van der Waals surface area contributed by atoms with Crippen LogP contribution < -0.4 is 10.2 Å². The van der Waals surface area contributed by atoms with Crippen LogP contribution in [0.15, 0.2) is 24.3 Å². The Morgan fingerprint density at radius 3 is 2.45 bits per heavy atom. The van der Waals surface area contributed by atoms with E-state index in [-0.39, 0.29) is 5.91 Å². The normalized spacial score (nSPS) is 16.2. The third kappa shape index (κ3) is 3.95. The van der Waals surface area contributed by atoms with E-state index in [2.05, 4.69) is 22.2 Å². The van der Waals surface area contributed by atoms with Gasteiger partial charge in [-0.05, 0) is 31.3 Å². The van der Waals surface area contributed by atoms with Gasteiger partial charge in [0.25, 0.3) is 5.91 Å². The zero-order valence-corrected chi connectivity index (χ0v) is 12.3. The number of rotatable bonds is 5. The number of methoxy groups -OCH3 is 1. The molecule has 1 aliphatic heterocycles. The Balaban J connectivity index is 1.90. The first-order valence-electron chi connectivity index (χ1n) is 7.01. The van der Waals surface area contributed by atoms with Crippen molar-refractivity contribution in [3.05, 3.63) is 29.8 Å². The highest BCUT2D eigenvalue weighted by molar-refractivity contribution is 5.94. The second-order valence-electron chi connectivity index (χ2n) is 5.09. The lowest BCUT2D eigenvalue weighted by Crippen LogP contribution is -2.44. The standard InChI is InChI=1S/C15H23N3O2/c1-17-8-10-18(11-9-17)14-5-3-13(4-6-14)15(19)16-7-12-20-2/h3-6H,7-12H2,1-2H3,(H,16,19). The first-order valence-corrected chi connectivity index (χ1v) is 7.01. The molecule has 5 heteroatoms. The number of likely N-dealkylation sites (N-methyl/N-ethyl adjacent to an activating group) is 1. The molecule has 1 aliphatic rings. The van der Waals surface area contributed by atoms with E-state index in [0.717, 1.165) is 26.2 Å². The topological polar surface area (TPSA) is 44.8 Å². The quantitative estimate of drug-likeness (QED) is 0.809. The van der Waals surface area contributed by atoms with Gasteiger partial charge in [0, 0.05) is 51.1 Å². The number of hydrogen-bond acceptors (Lipinski definition) is 4. The van der Waals surface area contributed by atoms with Crippen LogP contribution in [-0.4, -0.2) is 64.3 Å². The second-order valence-corrected chi connectivity index (χ2v) is 5.09. The molecular formula is C15H23N3O2. The van der Waals surface area contributed by atoms with Crippen molar-refractivity contribution in [1.29, 1.82) is 0 Å². The van der Waals surface area contributed by atoms with E-state index in [4.69, 9.17) is 4.74 Å². The van der Waals surface area contributed by atoms with E-state index in [1.54, 1.807) is 7.11 Å². The molecule has 1 amide bonds. The number of amides is 1. The van der Waals surface area contributed by atoms with Crippen LogP contribution in [0.25, 0.3) is 0 Å². The maximum absolute atomic E-state index is 11.9. The number of benzene rings is 1. The van der Waals surface area contributed by atoms with Crippen LogP contribution in [0.2, 0.25) is 0 Å². The third-order valence-corrected chi connectivity index (χ3v) is 3.59. The van der Waals surface area contributed by atoms with Crippen molar-refractivity contribution in [1.82, 2.24) is 10.2 Å². The predicted octanol–water partition coefficient (Wildman–Crippen LogP) is 0.815. The molecule has 110 valence electrons. The molecule has 1 aromatic rings. The van der Waals surface area contributed by atoms with E-state index in [0.29, 0.717) is 18.7 Å². The smallest absolute Gasteiger partial charge is 0.251 e. The lowest BCUT2D eigenvalue weighted by Gasteiger charge is -2.34. The molecule has 0 unspecified atom stereocenters. The molecule has 0 spiro atoms. The van der Waals surface area contributed by atoms with E-state index in [1.165, 1.54) is 5.69 Å². The van der Waals surface area contributed by atoms with Gasteiger partial charge in [0.05, 0.1) is 6.61 Å². The number of ether oxygens (including phenoxy) is 1. The Labute approximate surface area is 120 Å². The van der Waals surface area contributed by atoms with Crippen molar-refractivity contribution in [2.24, 2.45) is 0 Å². The average molecular weight is 277 g/mol. The van der Waals surface area contributed by atoms with Gasteiger partial charge in [-0.25, -0.2) is 0 Å². The number of nitrogens with zero attached hydrogens (tertiary/aromatic N) is 2. The highest BCUT2D eigenvalue weighted by Gasteiger charge is 2.14. The van der Waals surface area contributed by atoms with Crippen LogP contribution in [0.3, 0.4) is 0 Å². The summed E-state index contributed by atoms with van der Waals surface area (Å²) in [7, 11) is 3.77. The van der Waals surface area contributed by atoms with Crippen LogP contribution in [-0.2, 0) is 4.74 Å². The first-order chi connectivity index (χ1) is 9.70. The predicted molar refractivity (Wildman–Crippen MR) is 80.4 cm³/mol. The zero-order chi connectivity index (χ0) is 14.4. The van der Waals surface area contributed by atoms with Crippen molar-refractivity contribution < 1.29 is 9.53 Å². The molecule has 0 bridgehead atoms. The fourth-order valence-electron chi connectivity index (χ4n) is 2.26. The van der Waals surface area contributed by atoms with Gasteiger partial charge in [0.15, 0.2) is 0 Å². The lowest BCUT2D eigenvalue weighted by molar-refractivity contribution is 0.0937. The minimum atomic E-state index is -0.0491. The molecule has 20 heavy (non-hydrogen) atoms. The Morgan fingerprint density at radius 2 is 1.85 bits per heavy atom. The monoisotopic (exact) mass is 277 g/mol. The largest absolute Gasteiger partial charge is 0.383 e. The van der Waals surface area contributed by atoms with Gasteiger partial charge in [-0.15, -0.1) is 0 Å². The summed E-state index contributed by atoms with van der Waals surface area (Å²) in [6.07, 6.45) is 0. The minimum Gasteiger partial charge on any atom is -0.383 e. The molecule has 5 nitrogen and oxygen atoms in total. The molecule has 0 aromatic heterocycles.